The summed E-state index contributed by atoms with van der Waals surface area (Å²) in [5.41, 5.74) is 6.10. The van der Waals surface area contributed by atoms with E-state index in [4.69, 9.17) is 17.3 Å². The van der Waals surface area contributed by atoms with Crippen LogP contribution in [-0.4, -0.2) is 29.9 Å². The lowest BCUT2D eigenvalue weighted by atomic mass is 9.79. The SMILES string of the molecule is CC(C(=O)N1CCC(N)C(C)(C)C1)c1ccc(Cl)s1.Cl. The maximum atomic E-state index is 12.6. The molecule has 2 N–H and O–H groups in total. The number of piperidine rings is 1. The van der Waals surface area contributed by atoms with Crippen molar-refractivity contribution in [3.63, 3.8) is 0 Å². The van der Waals surface area contributed by atoms with Crippen LogP contribution in [0.1, 0.15) is 38.0 Å². The number of likely N-dealkylation sites (tertiary alicyclic amines) is 1. The van der Waals surface area contributed by atoms with E-state index in [1.807, 2.05) is 24.0 Å². The summed E-state index contributed by atoms with van der Waals surface area (Å²) in [6.45, 7) is 7.70. The first-order valence-electron chi connectivity index (χ1n) is 6.61. The lowest BCUT2D eigenvalue weighted by Crippen LogP contribution is -2.54. The third-order valence-electron chi connectivity index (χ3n) is 4.02. The molecular formula is C14H22Cl2N2OS. The van der Waals surface area contributed by atoms with Gasteiger partial charge < -0.3 is 10.6 Å². The molecule has 2 rings (SSSR count). The number of carbonyl (C=O) groups is 1. The van der Waals surface area contributed by atoms with Gasteiger partial charge in [-0.15, -0.1) is 23.7 Å². The van der Waals surface area contributed by atoms with E-state index in [-0.39, 0.29) is 35.7 Å². The van der Waals surface area contributed by atoms with Crippen molar-refractivity contribution in [3.8, 4) is 0 Å². The van der Waals surface area contributed by atoms with Gasteiger partial charge in [0.2, 0.25) is 5.91 Å². The van der Waals surface area contributed by atoms with E-state index in [0.717, 1.165) is 28.7 Å². The van der Waals surface area contributed by atoms with Crippen LogP contribution in [0.5, 0.6) is 0 Å². The topological polar surface area (TPSA) is 46.3 Å². The van der Waals surface area contributed by atoms with Crippen molar-refractivity contribution in [1.82, 2.24) is 4.90 Å². The second kappa shape index (κ2) is 6.65. The first kappa shape index (κ1) is 17.8. The summed E-state index contributed by atoms with van der Waals surface area (Å²) in [7, 11) is 0. The predicted molar refractivity (Wildman–Crippen MR) is 87.9 cm³/mol. The minimum Gasteiger partial charge on any atom is -0.341 e. The fourth-order valence-corrected chi connectivity index (χ4v) is 3.62. The second-order valence-electron chi connectivity index (χ2n) is 6.01. The van der Waals surface area contributed by atoms with E-state index < -0.39 is 0 Å². The van der Waals surface area contributed by atoms with Gasteiger partial charge in [-0.1, -0.05) is 25.4 Å². The Hall–Kier alpha value is -0.290. The molecule has 1 aliphatic rings. The smallest absolute Gasteiger partial charge is 0.230 e. The maximum absolute atomic E-state index is 12.6. The monoisotopic (exact) mass is 336 g/mol. The van der Waals surface area contributed by atoms with Crippen molar-refractivity contribution in [2.45, 2.75) is 39.2 Å². The van der Waals surface area contributed by atoms with Crippen LogP contribution < -0.4 is 5.73 Å². The molecule has 1 aromatic heterocycles. The summed E-state index contributed by atoms with van der Waals surface area (Å²) in [4.78, 5) is 15.5. The average molecular weight is 337 g/mol. The Morgan fingerprint density at radius 1 is 1.55 bits per heavy atom. The van der Waals surface area contributed by atoms with Gasteiger partial charge in [0, 0.05) is 24.0 Å². The molecule has 114 valence electrons. The number of nitrogens with zero attached hydrogens (tertiary/aromatic N) is 1. The van der Waals surface area contributed by atoms with Crippen LogP contribution in [-0.2, 0) is 4.79 Å². The molecule has 1 aliphatic heterocycles. The molecule has 1 amide bonds. The Labute approximate surface area is 135 Å². The zero-order valence-electron chi connectivity index (χ0n) is 12.1. The first-order valence-corrected chi connectivity index (χ1v) is 7.80. The number of rotatable bonds is 2. The molecule has 1 aromatic rings. The molecule has 1 fully saturated rings. The predicted octanol–water partition coefficient (Wildman–Crippen LogP) is 3.51. The van der Waals surface area contributed by atoms with Crippen molar-refractivity contribution >= 4 is 41.3 Å². The number of thiophene rings is 1. The van der Waals surface area contributed by atoms with Crippen LogP contribution in [0.3, 0.4) is 0 Å². The van der Waals surface area contributed by atoms with Gasteiger partial charge in [-0.05, 0) is 30.9 Å². The minimum absolute atomic E-state index is 0. The first-order chi connectivity index (χ1) is 8.81. The number of halogens is 2. The lowest BCUT2D eigenvalue weighted by Gasteiger charge is -2.43. The van der Waals surface area contributed by atoms with Crippen LogP contribution in [0.25, 0.3) is 0 Å². The molecule has 2 atom stereocenters. The molecule has 0 aromatic carbocycles. The minimum atomic E-state index is -0.123. The quantitative estimate of drug-likeness (QED) is 0.898. The second-order valence-corrected chi connectivity index (χ2v) is 7.75. The largest absolute Gasteiger partial charge is 0.341 e. The molecule has 3 nitrogen and oxygen atoms in total. The summed E-state index contributed by atoms with van der Waals surface area (Å²) in [6.07, 6.45) is 0.872. The zero-order chi connectivity index (χ0) is 14.2. The van der Waals surface area contributed by atoms with Crippen LogP contribution >= 0.6 is 35.3 Å². The van der Waals surface area contributed by atoms with Gasteiger partial charge in [-0.25, -0.2) is 0 Å². The van der Waals surface area contributed by atoms with Gasteiger partial charge in [0.25, 0.3) is 0 Å². The summed E-state index contributed by atoms with van der Waals surface area (Å²) in [5.74, 6) is 0.0566. The van der Waals surface area contributed by atoms with Crippen molar-refractivity contribution < 1.29 is 4.79 Å². The van der Waals surface area contributed by atoms with Crippen molar-refractivity contribution in [2.24, 2.45) is 11.1 Å². The highest BCUT2D eigenvalue weighted by atomic mass is 35.5. The average Bonchev–Trinajstić information content (AvgIpc) is 2.77. The summed E-state index contributed by atoms with van der Waals surface area (Å²) in [6, 6.07) is 3.96. The summed E-state index contributed by atoms with van der Waals surface area (Å²) < 4.78 is 0.732. The van der Waals surface area contributed by atoms with E-state index in [1.165, 1.54) is 11.3 Å². The fraction of sp³-hybridized carbons (Fsp3) is 0.643. The molecule has 0 saturated carbocycles. The summed E-state index contributed by atoms with van der Waals surface area (Å²) in [5, 5.41) is 0. The lowest BCUT2D eigenvalue weighted by molar-refractivity contribution is -0.135. The van der Waals surface area contributed by atoms with E-state index in [2.05, 4.69) is 13.8 Å². The van der Waals surface area contributed by atoms with E-state index in [9.17, 15) is 4.79 Å². The Kier molecular flexibility index (Phi) is 5.90. The van der Waals surface area contributed by atoms with E-state index in [0.29, 0.717) is 0 Å². The molecule has 1 saturated heterocycles. The third-order valence-corrected chi connectivity index (χ3v) is 5.43. The van der Waals surface area contributed by atoms with Gasteiger partial charge in [-0.3, -0.25) is 4.79 Å². The number of amides is 1. The van der Waals surface area contributed by atoms with E-state index >= 15 is 0 Å². The van der Waals surface area contributed by atoms with Crippen molar-refractivity contribution in [3.05, 3.63) is 21.3 Å². The maximum Gasteiger partial charge on any atom is 0.230 e. The highest BCUT2D eigenvalue weighted by Crippen LogP contribution is 2.32. The van der Waals surface area contributed by atoms with Crippen LogP contribution in [0, 0.1) is 5.41 Å². The van der Waals surface area contributed by atoms with Crippen LogP contribution in [0.2, 0.25) is 4.34 Å². The summed E-state index contributed by atoms with van der Waals surface area (Å²) >= 11 is 7.42. The van der Waals surface area contributed by atoms with Gasteiger partial charge in [0.05, 0.1) is 10.3 Å². The number of hydrogen-bond donors (Lipinski definition) is 1. The Morgan fingerprint density at radius 2 is 2.20 bits per heavy atom. The standard InChI is InChI=1S/C14H21ClN2OS.ClH/c1-9(10-4-5-12(15)19-10)13(18)17-7-6-11(16)14(2,3)8-17;/h4-5,9,11H,6-8,16H2,1-3H3;1H. The number of carbonyl (C=O) groups excluding carboxylic acids is 1. The molecule has 0 radical (unpaired) electrons. The van der Waals surface area contributed by atoms with Crippen molar-refractivity contribution in [1.29, 1.82) is 0 Å². The zero-order valence-corrected chi connectivity index (χ0v) is 14.4. The Morgan fingerprint density at radius 3 is 2.70 bits per heavy atom. The number of nitrogens with two attached hydrogens (primary N) is 1. The molecule has 2 heterocycles. The molecule has 0 spiro atoms. The molecule has 0 aliphatic carbocycles. The fourth-order valence-electron chi connectivity index (χ4n) is 2.52. The number of hydrogen-bond acceptors (Lipinski definition) is 3. The Balaban J connectivity index is 0.00000200. The van der Waals surface area contributed by atoms with E-state index in [1.54, 1.807) is 0 Å². The van der Waals surface area contributed by atoms with Gasteiger partial charge in [0.15, 0.2) is 0 Å². The molecular weight excluding hydrogens is 315 g/mol. The van der Waals surface area contributed by atoms with Crippen molar-refractivity contribution in [2.75, 3.05) is 13.1 Å². The van der Waals surface area contributed by atoms with Crippen LogP contribution in [0.4, 0.5) is 0 Å². The third kappa shape index (κ3) is 3.67. The normalized spacial score (nSPS) is 23.1. The molecule has 20 heavy (non-hydrogen) atoms. The van der Waals surface area contributed by atoms with Gasteiger partial charge >= 0.3 is 0 Å². The molecule has 0 bridgehead atoms. The van der Waals surface area contributed by atoms with Gasteiger partial charge in [0.1, 0.15) is 0 Å². The van der Waals surface area contributed by atoms with Gasteiger partial charge in [-0.2, -0.15) is 0 Å². The Bertz CT molecular complexity index is 475. The van der Waals surface area contributed by atoms with Crippen LogP contribution in [0.15, 0.2) is 12.1 Å². The molecule has 2 unspecified atom stereocenters. The highest BCUT2D eigenvalue weighted by molar-refractivity contribution is 7.16. The molecule has 6 heteroatoms. The highest BCUT2D eigenvalue weighted by Gasteiger charge is 2.36.